The average molecular weight is 172 g/mol. The zero-order chi connectivity index (χ0) is 9.10. The standard InChI is InChI=1S/C11H12N2/c1-9-4-2-5-10(8-9)11-12-6-3-7-13-11/h2,4-8,11H,3H2,1H3. The van der Waals surface area contributed by atoms with Crippen LogP contribution in [0.2, 0.25) is 0 Å². The van der Waals surface area contributed by atoms with E-state index in [2.05, 4.69) is 35.1 Å². The van der Waals surface area contributed by atoms with Gasteiger partial charge < -0.3 is 0 Å². The van der Waals surface area contributed by atoms with Crippen molar-refractivity contribution in [2.45, 2.75) is 19.5 Å². The van der Waals surface area contributed by atoms with Crippen LogP contribution < -0.4 is 0 Å². The van der Waals surface area contributed by atoms with Gasteiger partial charge in [-0.2, -0.15) is 0 Å². The van der Waals surface area contributed by atoms with Crippen LogP contribution in [0, 0.1) is 6.92 Å². The maximum absolute atomic E-state index is 4.32. The fourth-order valence-corrected chi connectivity index (χ4v) is 1.41. The van der Waals surface area contributed by atoms with E-state index >= 15 is 0 Å². The number of rotatable bonds is 1. The molecule has 1 aliphatic rings. The summed E-state index contributed by atoms with van der Waals surface area (Å²) in [4.78, 5) is 8.64. The van der Waals surface area contributed by atoms with E-state index in [-0.39, 0.29) is 6.17 Å². The van der Waals surface area contributed by atoms with Crippen LogP contribution in [0.15, 0.2) is 34.3 Å². The number of hydrogen-bond acceptors (Lipinski definition) is 2. The van der Waals surface area contributed by atoms with Gasteiger partial charge in [-0.05, 0) is 12.5 Å². The number of aryl methyl sites for hydroxylation is 1. The lowest BCUT2D eigenvalue weighted by Gasteiger charge is -2.10. The molecule has 0 fully saturated rings. The number of nitrogens with zero attached hydrogens (tertiary/aromatic N) is 2. The molecular formula is C11H12N2. The van der Waals surface area contributed by atoms with Gasteiger partial charge in [0.15, 0.2) is 6.17 Å². The van der Waals surface area contributed by atoms with Crippen LogP contribution in [-0.2, 0) is 0 Å². The second-order valence-corrected chi connectivity index (χ2v) is 3.19. The Morgan fingerprint density at radius 1 is 1.23 bits per heavy atom. The Kier molecular flexibility index (Phi) is 2.21. The topological polar surface area (TPSA) is 24.7 Å². The molecule has 0 atom stereocenters. The van der Waals surface area contributed by atoms with Crippen molar-refractivity contribution in [2.24, 2.45) is 9.98 Å². The van der Waals surface area contributed by atoms with Crippen molar-refractivity contribution in [2.75, 3.05) is 0 Å². The second-order valence-electron chi connectivity index (χ2n) is 3.19. The first kappa shape index (κ1) is 8.17. The molecule has 1 aromatic carbocycles. The molecule has 0 radical (unpaired) electrons. The lowest BCUT2D eigenvalue weighted by Crippen LogP contribution is -1.98. The van der Waals surface area contributed by atoms with Gasteiger partial charge in [-0.1, -0.05) is 29.8 Å². The average Bonchev–Trinajstić information content (AvgIpc) is 2.19. The highest BCUT2D eigenvalue weighted by Gasteiger charge is 2.07. The molecule has 66 valence electrons. The third-order valence-corrected chi connectivity index (χ3v) is 2.04. The molecule has 1 aliphatic heterocycles. The van der Waals surface area contributed by atoms with Crippen molar-refractivity contribution in [1.82, 2.24) is 0 Å². The van der Waals surface area contributed by atoms with Crippen LogP contribution in [0.5, 0.6) is 0 Å². The third kappa shape index (κ3) is 1.83. The van der Waals surface area contributed by atoms with E-state index in [9.17, 15) is 0 Å². The van der Waals surface area contributed by atoms with Gasteiger partial charge in [0.05, 0.1) is 0 Å². The number of benzene rings is 1. The highest BCUT2D eigenvalue weighted by molar-refractivity contribution is 5.81. The summed E-state index contributed by atoms with van der Waals surface area (Å²) in [6, 6.07) is 8.33. The van der Waals surface area contributed by atoms with E-state index in [0.717, 1.165) is 6.42 Å². The first-order valence-electron chi connectivity index (χ1n) is 4.46. The van der Waals surface area contributed by atoms with Crippen molar-refractivity contribution < 1.29 is 0 Å². The molecule has 13 heavy (non-hydrogen) atoms. The largest absolute Gasteiger partial charge is 0.266 e. The van der Waals surface area contributed by atoms with Crippen LogP contribution >= 0.6 is 0 Å². The Morgan fingerprint density at radius 3 is 2.69 bits per heavy atom. The molecule has 2 rings (SSSR count). The fraction of sp³-hybridized carbons (Fsp3) is 0.273. The highest BCUT2D eigenvalue weighted by atomic mass is 15.0. The second kappa shape index (κ2) is 3.52. The predicted octanol–water partition coefficient (Wildman–Crippen LogP) is 2.54. The number of hydrogen-bond donors (Lipinski definition) is 0. The third-order valence-electron chi connectivity index (χ3n) is 2.04. The van der Waals surface area contributed by atoms with E-state index in [4.69, 9.17) is 0 Å². The van der Waals surface area contributed by atoms with Crippen molar-refractivity contribution in [1.29, 1.82) is 0 Å². The smallest absolute Gasteiger partial charge is 0.164 e. The van der Waals surface area contributed by atoms with E-state index < -0.39 is 0 Å². The summed E-state index contributed by atoms with van der Waals surface area (Å²) in [6.45, 7) is 2.08. The van der Waals surface area contributed by atoms with Gasteiger partial charge in [0.25, 0.3) is 0 Å². The maximum atomic E-state index is 4.32. The molecule has 1 heterocycles. The predicted molar refractivity (Wildman–Crippen MR) is 55.5 cm³/mol. The first-order valence-corrected chi connectivity index (χ1v) is 4.46. The van der Waals surface area contributed by atoms with E-state index in [1.165, 1.54) is 11.1 Å². The molecule has 0 saturated heterocycles. The molecule has 0 saturated carbocycles. The normalized spacial score (nSPS) is 16.4. The molecule has 0 aromatic heterocycles. The SMILES string of the molecule is Cc1cccc(C2N=CCC=N2)c1. The molecule has 0 unspecified atom stereocenters. The van der Waals surface area contributed by atoms with Gasteiger partial charge in [-0.15, -0.1) is 0 Å². The van der Waals surface area contributed by atoms with Crippen molar-refractivity contribution in [3.63, 3.8) is 0 Å². The van der Waals surface area contributed by atoms with Gasteiger partial charge in [-0.3, -0.25) is 9.98 Å². The molecule has 1 aromatic rings. The van der Waals surface area contributed by atoms with E-state index in [1.54, 1.807) is 0 Å². The lowest BCUT2D eigenvalue weighted by atomic mass is 10.1. The van der Waals surface area contributed by atoms with Crippen LogP contribution in [0.25, 0.3) is 0 Å². The Balaban J connectivity index is 2.29. The van der Waals surface area contributed by atoms with Gasteiger partial charge in [-0.25, -0.2) is 0 Å². The molecule has 0 N–H and O–H groups in total. The Labute approximate surface area is 78.0 Å². The minimum atomic E-state index is -0.00588. The lowest BCUT2D eigenvalue weighted by molar-refractivity contribution is 0.774. The van der Waals surface area contributed by atoms with Crippen LogP contribution in [0.3, 0.4) is 0 Å². The zero-order valence-corrected chi connectivity index (χ0v) is 7.64. The zero-order valence-electron chi connectivity index (χ0n) is 7.64. The summed E-state index contributed by atoms with van der Waals surface area (Å²) in [5.41, 5.74) is 2.43. The van der Waals surface area contributed by atoms with Crippen molar-refractivity contribution in [3.05, 3.63) is 35.4 Å². The fourth-order valence-electron chi connectivity index (χ4n) is 1.41. The van der Waals surface area contributed by atoms with Gasteiger partial charge in [0, 0.05) is 18.9 Å². The molecule has 0 amide bonds. The van der Waals surface area contributed by atoms with Crippen molar-refractivity contribution in [3.8, 4) is 0 Å². The summed E-state index contributed by atoms with van der Waals surface area (Å²) < 4.78 is 0. The van der Waals surface area contributed by atoms with Gasteiger partial charge in [0.2, 0.25) is 0 Å². The molecule has 0 bridgehead atoms. The van der Waals surface area contributed by atoms with E-state index in [0.29, 0.717) is 0 Å². The molecule has 0 aliphatic carbocycles. The number of aliphatic imine (C=N–C) groups is 2. The Bertz CT molecular complexity index is 341. The summed E-state index contributed by atoms with van der Waals surface area (Å²) in [5, 5.41) is 0. The van der Waals surface area contributed by atoms with E-state index in [1.807, 2.05) is 18.5 Å². The van der Waals surface area contributed by atoms with Crippen LogP contribution in [-0.4, -0.2) is 12.4 Å². The molecular weight excluding hydrogens is 160 g/mol. The summed E-state index contributed by atoms with van der Waals surface area (Å²) in [7, 11) is 0. The molecule has 2 heteroatoms. The molecule has 2 nitrogen and oxygen atoms in total. The summed E-state index contributed by atoms with van der Waals surface area (Å²) in [5.74, 6) is 0. The van der Waals surface area contributed by atoms with Gasteiger partial charge in [0.1, 0.15) is 0 Å². The maximum Gasteiger partial charge on any atom is 0.164 e. The van der Waals surface area contributed by atoms with Crippen LogP contribution in [0.1, 0.15) is 23.7 Å². The monoisotopic (exact) mass is 172 g/mol. The highest BCUT2D eigenvalue weighted by Crippen LogP contribution is 2.20. The van der Waals surface area contributed by atoms with Crippen LogP contribution in [0.4, 0.5) is 0 Å². The Hall–Kier alpha value is -1.44. The summed E-state index contributed by atoms with van der Waals surface area (Å²) in [6.07, 6.45) is 4.69. The minimum Gasteiger partial charge on any atom is -0.266 e. The first-order chi connectivity index (χ1) is 6.36. The Morgan fingerprint density at radius 2 is 2.00 bits per heavy atom. The minimum absolute atomic E-state index is 0.00588. The quantitative estimate of drug-likeness (QED) is 0.622. The van der Waals surface area contributed by atoms with Crippen molar-refractivity contribution >= 4 is 12.4 Å². The van der Waals surface area contributed by atoms with Gasteiger partial charge >= 0.3 is 0 Å². The summed E-state index contributed by atoms with van der Waals surface area (Å²) >= 11 is 0. The molecule has 0 spiro atoms.